The second-order valence-electron chi connectivity index (χ2n) is 5.64. The number of anilines is 1. The molecule has 0 heterocycles. The molecule has 26 heavy (non-hydrogen) atoms. The molecule has 0 aromatic heterocycles. The SMILES string of the molecule is CCOc1ccc(C(=O)OCC(=O)Nc2ccc3ccccc3c2)cc1. The molecule has 1 amide bonds. The van der Waals surface area contributed by atoms with Crippen molar-refractivity contribution in [3.63, 3.8) is 0 Å². The topological polar surface area (TPSA) is 64.6 Å². The summed E-state index contributed by atoms with van der Waals surface area (Å²) >= 11 is 0. The number of hydrogen-bond donors (Lipinski definition) is 1. The van der Waals surface area contributed by atoms with Crippen LogP contribution in [-0.2, 0) is 9.53 Å². The van der Waals surface area contributed by atoms with E-state index in [1.165, 1.54) is 0 Å². The zero-order chi connectivity index (χ0) is 18.4. The van der Waals surface area contributed by atoms with Gasteiger partial charge in [-0.2, -0.15) is 0 Å². The molecule has 5 nitrogen and oxygen atoms in total. The summed E-state index contributed by atoms with van der Waals surface area (Å²) in [7, 11) is 0. The molecule has 3 rings (SSSR count). The molecule has 0 aliphatic carbocycles. The van der Waals surface area contributed by atoms with Gasteiger partial charge in [-0.1, -0.05) is 30.3 Å². The van der Waals surface area contributed by atoms with Crippen molar-refractivity contribution in [1.82, 2.24) is 0 Å². The van der Waals surface area contributed by atoms with E-state index in [4.69, 9.17) is 9.47 Å². The lowest BCUT2D eigenvalue weighted by Gasteiger charge is -2.08. The third-order valence-corrected chi connectivity index (χ3v) is 3.77. The van der Waals surface area contributed by atoms with Crippen molar-refractivity contribution in [3.05, 3.63) is 72.3 Å². The van der Waals surface area contributed by atoms with Crippen LogP contribution in [0.1, 0.15) is 17.3 Å². The standard InChI is InChI=1S/C21H19NO4/c1-2-25-19-11-8-16(9-12-19)21(24)26-14-20(23)22-18-10-7-15-5-3-4-6-17(15)13-18/h3-13H,2,14H2,1H3,(H,22,23). The number of esters is 1. The number of hydrogen-bond acceptors (Lipinski definition) is 4. The number of carbonyl (C=O) groups excluding carboxylic acids is 2. The minimum atomic E-state index is -0.554. The van der Waals surface area contributed by atoms with Gasteiger partial charge in [-0.05, 0) is 54.1 Å². The zero-order valence-corrected chi connectivity index (χ0v) is 14.4. The predicted molar refractivity (Wildman–Crippen MR) is 100 cm³/mol. The van der Waals surface area contributed by atoms with E-state index in [1.807, 2.05) is 49.4 Å². The van der Waals surface area contributed by atoms with Gasteiger partial charge in [0.2, 0.25) is 0 Å². The zero-order valence-electron chi connectivity index (χ0n) is 14.4. The molecule has 5 heteroatoms. The monoisotopic (exact) mass is 349 g/mol. The first kappa shape index (κ1) is 17.5. The molecule has 0 unspecified atom stereocenters. The maximum absolute atomic E-state index is 12.0. The highest BCUT2D eigenvalue weighted by molar-refractivity contribution is 5.97. The molecule has 3 aromatic rings. The average Bonchev–Trinajstić information content (AvgIpc) is 2.67. The summed E-state index contributed by atoms with van der Waals surface area (Å²) in [6.45, 7) is 2.09. The number of nitrogens with one attached hydrogen (secondary N) is 1. The van der Waals surface area contributed by atoms with E-state index < -0.39 is 5.97 Å². The van der Waals surface area contributed by atoms with Gasteiger partial charge in [0, 0.05) is 5.69 Å². The van der Waals surface area contributed by atoms with Gasteiger partial charge in [-0.15, -0.1) is 0 Å². The van der Waals surface area contributed by atoms with E-state index in [-0.39, 0.29) is 12.5 Å². The van der Waals surface area contributed by atoms with Crippen molar-refractivity contribution in [3.8, 4) is 5.75 Å². The highest BCUT2D eigenvalue weighted by atomic mass is 16.5. The van der Waals surface area contributed by atoms with Crippen LogP contribution in [0.25, 0.3) is 10.8 Å². The fourth-order valence-corrected chi connectivity index (χ4v) is 2.53. The van der Waals surface area contributed by atoms with E-state index in [0.29, 0.717) is 23.6 Å². The second kappa shape index (κ2) is 8.16. The van der Waals surface area contributed by atoms with Crippen LogP contribution in [0, 0.1) is 0 Å². The van der Waals surface area contributed by atoms with Gasteiger partial charge in [-0.3, -0.25) is 4.79 Å². The first-order valence-corrected chi connectivity index (χ1v) is 8.34. The Labute approximate surface area is 151 Å². The fraction of sp³-hybridized carbons (Fsp3) is 0.143. The van der Waals surface area contributed by atoms with E-state index in [2.05, 4.69) is 5.32 Å². The minimum absolute atomic E-state index is 0.348. The van der Waals surface area contributed by atoms with E-state index in [1.54, 1.807) is 24.3 Å². The Balaban J connectivity index is 1.54. The van der Waals surface area contributed by atoms with Crippen LogP contribution in [0.15, 0.2) is 66.7 Å². The first-order chi connectivity index (χ1) is 12.7. The van der Waals surface area contributed by atoms with Gasteiger partial charge in [0.05, 0.1) is 12.2 Å². The van der Waals surface area contributed by atoms with Crippen LogP contribution in [0.3, 0.4) is 0 Å². The Morgan fingerprint density at radius 1 is 0.923 bits per heavy atom. The first-order valence-electron chi connectivity index (χ1n) is 8.34. The molecule has 0 saturated carbocycles. The minimum Gasteiger partial charge on any atom is -0.494 e. The predicted octanol–water partition coefficient (Wildman–Crippen LogP) is 4.03. The van der Waals surface area contributed by atoms with Crippen molar-refractivity contribution in [1.29, 1.82) is 0 Å². The molecule has 132 valence electrons. The van der Waals surface area contributed by atoms with Crippen molar-refractivity contribution in [2.45, 2.75) is 6.92 Å². The van der Waals surface area contributed by atoms with Crippen LogP contribution in [0.4, 0.5) is 5.69 Å². The summed E-state index contributed by atoms with van der Waals surface area (Å²) in [5.74, 6) is -0.264. The number of ether oxygens (including phenoxy) is 2. The Bertz CT molecular complexity index is 919. The summed E-state index contributed by atoms with van der Waals surface area (Å²) in [5, 5.41) is 4.85. The third kappa shape index (κ3) is 4.39. The summed E-state index contributed by atoms with van der Waals surface area (Å²) in [5.41, 5.74) is 1.03. The quantitative estimate of drug-likeness (QED) is 0.682. The Morgan fingerprint density at radius 2 is 1.65 bits per heavy atom. The lowest BCUT2D eigenvalue weighted by molar-refractivity contribution is -0.119. The Kier molecular flexibility index (Phi) is 5.49. The summed E-state index contributed by atoms with van der Waals surface area (Å²) in [6, 6.07) is 20.1. The number of rotatable bonds is 6. The number of carbonyl (C=O) groups is 2. The number of benzene rings is 3. The molecular formula is C21H19NO4. The summed E-state index contributed by atoms with van der Waals surface area (Å²) in [6.07, 6.45) is 0. The van der Waals surface area contributed by atoms with Crippen LogP contribution >= 0.6 is 0 Å². The van der Waals surface area contributed by atoms with Gasteiger partial charge in [-0.25, -0.2) is 4.79 Å². The summed E-state index contributed by atoms with van der Waals surface area (Å²) in [4.78, 5) is 24.0. The fourth-order valence-electron chi connectivity index (χ4n) is 2.53. The average molecular weight is 349 g/mol. The molecule has 0 radical (unpaired) electrons. The molecule has 0 aliphatic rings. The maximum atomic E-state index is 12.0. The van der Waals surface area contributed by atoms with Gasteiger partial charge < -0.3 is 14.8 Å². The molecule has 0 bridgehead atoms. The van der Waals surface area contributed by atoms with E-state index in [9.17, 15) is 9.59 Å². The molecule has 0 saturated heterocycles. The van der Waals surface area contributed by atoms with Crippen molar-refractivity contribution in [2.24, 2.45) is 0 Å². The molecule has 0 fully saturated rings. The van der Waals surface area contributed by atoms with Crippen LogP contribution in [0.5, 0.6) is 5.75 Å². The van der Waals surface area contributed by atoms with Crippen molar-refractivity contribution in [2.75, 3.05) is 18.5 Å². The molecular weight excluding hydrogens is 330 g/mol. The molecule has 3 aromatic carbocycles. The second-order valence-corrected chi connectivity index (χ2v) is 5.64. The van der Waals surface area contributed by atoms with Gasteiger partial charge in [0.15, 0.2) is 6.61 Å². The molecule has 0 atom stereocenters. The molecule has 0 spiro atoms. The Morgan fingerprint density at radius 3 is 2.38 bits per heavy atom. The number of fused-ring (bicyclic) bond motifs is 1. The Hall–Kier alpha value is -3.34. The van der Waals surface area contributed by atoms with E-state index >= 15 is 0 Å². The van der Waals surface area contributed by atoms with Crippen LogP contribution < -0.4 is 10.1 Å². The highest BCUT2D eigenvalue weighted by Gasteiger charge is 2.11. The summed E-state index contributed by atoms with van der Waals surface area (Å²) < 4.78 is 10.4. The molecule has 1 N–H and O–H groups in total. The smallest absolute Gasteiger partial charge is 0.338 e. The van der Waals surface area contributed by atoms with Gasteiger partial charge >= 0.3 is 5.97 Å². The van der Waals surface area contributed by atoms with Crippen LogP contribution in [0.2, 0.25) is 0 Å². The normalized spacial score (nSPS) is 10.3. The van der Waals surface area contributed by atoms with Gasteiger partial charge in [0.1, 0.15) is 5.75 Å². The van der Waals surface area contributed by atoms with E-state index in [0.717, 1.165) is 10.8 Å². The largest absolute Gasteiger partial charge is 0.494 e. The van der Waals surface area contributed by atoms with Crippen molar-refractivity contribution < 1.29 is 19.1 Å². The molecule has 0 aliphatic heterocycles. The van der Waals surface area contributed by atoms with Gasteiger partial charge in [0.25, 0.3) is 5.91 Å². The lowest BCUT2D eigenvalue weighted by Crippen LogP contribution is -2.20. The lowest BCUT2D eigenvalue weighted by atomic mass is 10.1. The maximum Gasteiger partial charge on any atom is 0.338 e. The third-order valence-electron chi connectivity index (χ3n) is 3.77. The van der Waals surface area contributed by atoms with Crippen molar-refractivity contribution >= 4 is 28.3 Å². The highest BCUT2D eigenvalue weighted by Crippen LogP contribution is 2.19. The van der Waals surface area contributed by atoms with Crippen LogP contribution in [-0.4, -0.2) is 25.1 Å². The number of amides is 1.